The van der Waals surface area contributed by atoms with E-state index >= 15 is 0 Å². The van der Waals surface area contributed by atoms with Crippen molar-refractivity contribution >= 4 is 0 Å². The molecule has 1 unspecified atom stereocenters. The van der Waals surface area contributed by atoms with Crippen LogP contribution in [0, 0.1) is 17.5 Å². The summed E-state index contributed by atoms with van der Waals surface area (Å²) in [7, 11) is 0. The summed E-state index contributed by atoms with van der Waals surface area (Å²) in [4.78, 5) is 0. The van der Waals surface area contributed by atoms with Gasteiger partial charge in [0.05, 0.1) is 12.6 Å². The Morgan fingerprint density at radius 2 is 1.78 bits per heavy atom. The molecule has 0 fully saturated rings. The van der Waals surface area contributed by atoms with Crippen molar-refractivity contribution in [2.24, 2.45) is 0 Å². The molecule has 2 nitrogen and oxygen atoms in total. The zero-order chi connectivity index (χ0) is 13.5. The Bertz CT molecular complexity index is 353. The predicted molar refractivity (Wildman–Crippen MR) is 63.8 cm³/mol. The van der Waals surface area contributed by atoms with Gasteiger partial charge in [0.1, 0.15) is 17.5 Å². The summed E-state index contributed by atoms with van der Waals surface area (Å²) < 4.78 is 45.3. The summed E-state index contributed by atoms with van der Waals surface area (Å²) in [6, 6.07) is 0.765. The molecule has 1 atom stereocenters. The molecule has 0 saturated heterocycles. The highest BCUT2D eigenvalue weighted by atomic mass is 19.1. The molecule has 0 amide bonds. The maximum atomic E-state index is 13.6. The van der Waals surface area contributed by atoms with Crippen molar-refractivity contribution in [3.05, 3.63) is 35.1 Å². The second-order valence-electron chi connectivity index (χ2n) is 3.95. The first-order valence-electron chi connectivity index (χ1n) is 6.05. The van der Waals surface area contributed by atoms with Crippen molar-refractivity contribution in [1.82, 2.24) is 5.32 Å². The zero-order valence-corrected chi connectivity index (χ0v) is 10.6. The molecular weight excluding hydrogens is 243 g/mol. The first kappa shape index (κ1) is 15.0. The van der Waals surface area contributed by atoms with Gasteiger partial charge < -0.3 is 10.1 Å². The van der Waals surface area contributed by atoms with Crippen LogP contribution in [-0.2, 0) is 4.74 Å². The van der Waals surface area contributed by atoms with Crippen LogP contribution in [0.2, 0.25) is 0 Å². The van der Waals surface area contributed by atoms with Gasteiger partial charge in [-0.05, 0) is 19.9 Å². The maximum Gasteiger partial charge on any atom is 0.133 e. The highest BCUT2D eigenvalue weighted by Gasteiger charge is 2.21. The van der Waals surface area contributed by atoms with E-state index < -0.39 is 23.5 Å². The zero-order valence-electron chi connectivity index (χ0n) is 10.6. The molecule has 18 heavy (non-hydrogen) atoms. The summed E-state index contributed by atoms with van der Waals surface area (Å²) >= 11 is 0. The van der Waals surface area contributed by atoms with Crippen LogP contribution < -0.4 is 5.32 Å². The van der Waals surface area contributed by atoms with Crippen LogP contribution in [-0.4, -0.2) is 19.8 Å². The van der Waals surface area contributed by atoms with E-state index in [1.165, 1.54) is 0 Å². The fourth-order valence-corrected chi connectivity index (χ4v) is 1.68. The van der Waals surface area contributed by atoms with Gasteiger partial charge in [0.15, 0.2) is 0 Å². The molecule has 0 radical (unpaired) electrons. The molecule has 5 heteroatoms. The van der Waals surface area contributed by atoms with E-state index in [9.17, 15) is 13.2 Å². The van der Waals surface area contributed by atoms with E-state index in [4.69, 9.17) is 4.74 Å². The lowest BCUT2D eigenvalue weighted by Gasteiger charge is -2.20. The van der Waals surface area contributed by atoms with Crippen LogP contribution in [0.5, 0.6) is 0 Å². The van der Waals surface area contributed by atoms with Crippen LogP contribution >= 0.6 is 0 Å². The summed E-state index contributed by atoms with van der Waals surface area (Å²) in [5, 5.41) is 2.99. The van der Waals surface area contributed by atoms with Gasteiger partial charge in [-0.15, -0.1) is 0 Å². The largest absolute Gasteiger partial charge is 0.380 e. The summed E-state index contributed by atoms with van der Waals surface area (Å²) in [6.07, 6.45) is 0.826. The maximum absolute atomic E-state index is 13.6. The third-order valence-corrected chi connectivity index (χ3v) is 2.52. The molecule has 1 N–H and O–H groups in total. The fourth-order valence-electron chi connectivity index (χ4n) is 1.68. The third-order valence-electron chi connectivity index (χ3n) is 2.52. The minimum atomic E-state index is -0.917. The van der Waals surface area contributed by atoms with Crippen LogP contribution in [0.1, 0.15) is 31.9 Å². The first-order valence-corrected chi connectivity index (χ1v) is 6.05. The van der Waals surface area contributed by atoms with Gasteiger partial charge in [-0.2, -0.15) is 0 Å². The van der Waals surface area contributed by atoms with E-state index in [0.29, 0.717) is 25.3 Å². The molecular formula is C13H18F3NO. The number of hydrogen-bond donors (Lipinski definition) is 1. The lowest BCUT2D eigenvalue weighted by molar-refractivity contribution is 0.120. The molecule has 0 heterocycles. The first-order chi connectivity index (χ1) is 8.60. The standard InChI is InChI=1S/C13H18F3NO/c1-3-5-17-12(8-18-4-2)13-10(15)6-9(14)7-11(13)16/h6-7,12,17H,3-5,8H2,1-2H3. The highest BCUT2D eigenvalue weighted by molar-refractivity contribution is 5.24. The molecule has 0 saturated carbocycles. The third kappa shape index (κ3) is 3.99. The summed E-state index contributed by atoms with van der Waals surface area (Å²) in [5.74, 6) is -2.69. The summed E-state index contributed by atoms with van der Waals surface area (Å²) in [5.41, 5.74) is -0.168. The normalized spacial score (nSPS) is 12.7. The quantitative estimate of drug-likeness (QED) is 0.814. The number of nitrogens with one attached hydrogen (secondary N) is 1. The minimum absolute atomic E-state index is 0.149. The van der Waals surface area contributed by atoms with Gasteiger partial charge >= 0.3 is 0 Å². The molecule has 1 rings (SSSR count). The number of rotatable bonds is 7. The van der Waals surface area contributed by atoms with Crippen molar-refractivity contribution in [1.29, 1.82) is 0 Å². The van der Waals surface area contributed by atoms with E-state index in [0.717, 1.165) is 6.42 Å². The van der Waals surface area contributed by atoms with Crippen LogP contribution in [0.15, 0.2) is 12.1 Å². The summed E-state index contributed by atoms with van der Waals surface area (Å²) in [6.45, 7) is 4.95. The Balaban J connectivity index is 2.95. The van der Waals surface area contributed by atoms with Crippen LogP contribution in [0.25, 0.3) is 0 Å². The molecule has 1 aromatic carbocycles. The average Bonchev–Trinajstić information content (AvgIpc) is 2.30. The molecule has 0 aliphatic heterocycles. The van der Waals surface area contributed by atoms with Gasteiger partial charge in [0.25, 0.3) is 0 Å². The lowest BCUT2D eigenvalue weighted by Crippen LogP contribution is -2.28. The Kier molecular flexibility index (Phi) is 6.15. The smallest absolute Gasteiger partial charge is 0.133 e. The Hall–Kier alpha value is -1.07. The Morgan fingerprint density at radius 1 is 1.17 bits per heavy atom. The van der Waals surface area contributed by atoms with Crippen molar-refractivity contribution in [3.8, 4) is 0 Å². The number of halogens is 3. The lowest BCUT2D eigenvalue weighted by atomic mass is 10.1. The van der Waals surface area contributed by atoms with Crippen LogP contribution in [0.3, 0.4) is 0 Å². The number of ether oxygens (including phenoxy) is 1. The molecule has 0 aromatic heterocycles. The van der Waals surface area contributed by atoms with Crippen molar-refractivity contribution in [2.75, 3.05) is 19.8 Å². The van der Waals surface area contributed by atoms with Crippen molar-refractivity contribution < 1.29 is 17.9 Å². The van der Waals surface area contributed by atoms with Gasteiger partial charge in [0, 0.05) is 24.3 Å². The fraction of sp³-hybridized carbons (Fsp3) is 0.538. The average molecular weight is 261 g/mol. The van der Waals surface area contributed by atoms with E-state index in [1.54, 1.807) is 6.92 Å². The monoisotopic (exact) mass is 261 g/mol. The second-order valence-corrected chi connectivity index (χ2v) is 3.95. The molecule has 102 valence electrons. The second kappa shape index (κ2) is 7.38. The van der Waals surface area contributed by atoms with Gasteiger partial charge in [-0.3, -0.25) is 0 Å². The highest BCUT2D eigenvalue weighted by Crippen LogP contribution is 2.22. The van der Waals surface area contributed by atoms with Crippen molar-refractivity contribution in [3.63, 3.8) is 0 Å². The Labute approximate surface area is 105 Å². The molecule has 0 aliphatic carbocycles. The number of hydrogen-bond acceptors (Lipinski definition) is 2. The molecule has 0 aliphatic rings. The Morgan fingerprint density at radius 3 is 2.28 bits per heavy atom. The van der Waals surface area contributed by atoms with Gasteiger partial charge in [0.2, 0.25) is 0 Å². The predicted octanol–water partition coefficient (Wildman–Crippen LogP) is 3.18. The van der Waals surface area contributed by atoms with Gasteiger partial charge in [-0.25, -0.2) is 13.2 Å². The van der Waals surface area contributed by atoms with E-state index in [-0.39, 0.29) is 12.2 Å². The van der Waals surface area contributed by atoms with E-state index in [1.807, 2.05) is 6.92 Å². The topological polar surface area (TPSA) is 21.3 Å². The van der Waals surface area contributed by atoms with Gasteiger partial charge in [-0.1, -0.05) is 6.92 Å². The number of benzene rings is 1. The minimum Gasteiger partial charge on any atom is -0.380 e. The molecule has 0 bridgehead atoms. The van der Waals surface area contributed by atoms with E-state index in [2.05, 4.69) is 5.32 Å². The van der Waals surface area contributed by atoms with Crippen molar-refractivity contribution in [2.45, 2.75) is 26.3 Å². The van der Waals surface area contributed by atoms with Crippen LogP contribution in [0.4, 0.5) is 13.2 Å². The molecule has 0 spiro atoms. The molecule has 1 aromatic rings. The SMILES string of the molecule is CCCNC(COCC)c1c(F)cc(F)cc1F.